The van der Waals surface area contributed by atoms with Gasteiger partial charge in [0.05, 0.1) is 16.2 Å². The molecule has 0 bridgehead atoms. The molecule has 0 aliphatic carbocycles. The van der Waals surface area contributed by atoms with Crippen molar-refractivity contribution in [2.45, 2.75) is 19.8 Å². The molecule has 3 aromatic rings. The van der Waals surface area contributed by atoms with Crippen LogP contribution in [0.25, 0.3) is 22.2 Å². The lowest BCUT2D eigenvalue weighted by Crippen LogP contribution is -2.18. The number of nitrogens with one attached hydrogen (secondary N) is 1. The number of carbonyl (C=O) groups is 1. The zero-order valence-corrected chi connectivity index (χ0v) is 14.7. The number of hydrogen-bond acceptors (Lipinski definition) is 2. The van der Waals surface area contributed by atoms with E-state index < -0.39 is 0 Å². The maximum atomic E-state index is 11.5. The average Bonchev–Trinajstić information content (AvgIpc) is 2.58. The molecule has 24 heavy (non-hydrogen) atoms. The number of pyridine rings is 1. The average molecular weight is 359 g/mol. The molecule has 1 aliphatic rings. The van der Waals surface area contributed by atoms with Crippen LogP contribution in [0.1, 0.15) is 17.5 Å². The molecule has 0 radical (unpaired) electrons. The number of fused-ring (bicyclic) bond motifs is 2. The smallest absolute Gasteiger partial charge is 0.224 e. The first kappa shape index (κ1) is 16.7. The highest BCUT2D eigenvalue weighted by molar-refractivity contribution is 6.34. The number of para-hydroxylation sites is 1. The molecule has 5 heteroatoms. The number of halogens is 2. The summed E-state index contributed by atoms with van der Waals surface area (Å²) in [5, 5.41) is 4.66. The van der Waals surface area contributed by atoms with E-state index >= 15 is 0 Å². The number of nitrogens with zero attached hydrogens (tertiary/aromatic N) is 1. The molecule has 4 rings (SSSR count). The third-order valence-corrected chi connectivity index (χ3v) is 4.81. The highest BCUT2D eigenvalue weighted by Crippen LogP contribution is 2.35. The van der Waals surface area contributed by atoms with Gasteiger partial charge in [0.25, 0.3) is 0 Å². The van der Waals surface area contributed by atoms with Crippen molar-refractivity contribution in [2.24, 2.45) is 0 Å². The van der Waals surface area contributed by atoms with Crippen molar-refractivity contribution in [3.05, 3.63) is 58.6 Å². The summed E-state index contributed by atoms with van der Waals surface area (Å²) >= 11 is 6.58. The molecule has 122 valence electrons. The Morgan fingerprint density at radius 1 is 1.12 bits per heavy atom. The van der Waals surface area contributed by atoms with E-state index in [1.165, 1.54) is 0 Å². The molecule has 0 fully saturated rings. The van der Waals surface area contributed by atoms with Gasteiger partial charge in [-0.15, -0.1) is 12.4 Å². The van der Waals surface area contributed by atoms with Gasteiger partial charge >= 0.3 is 0 Å². The summed E-state index contributed by atoms with van der Waals surface area (Å²) < 4.78 is 0. The summed E-state index contributed by atoms with van der Waals surface area (Å²) in [6, 6.07) is 14.0. The Morgan fingerprint density at radius 3 is 2.75 bits per heavy atom. The van der Waals surface area contributed by atoms with Gasteiger partial charge in [-0.3, -0.25) is 4.79 Å². The van der Waals surface area contributed by atoms with E-state index in [9.17, 15) is 4.79 Å². The van der Waals surface area contributed by atoms with Gasteiger partial charge in [0.15, 0.2) is 0 Å². The number of aromatic nitrogens is 1. The third-order valence-electron chi connectivity index (χ3n) is 4.35. The first-order valence-corrected chi connectivity index (χ1v) is 7.99. The van der Waals surface area contributed by atoms with Crippen molar-refractivity contribution in [3.8, 4) is 11.3 Å². The highest BCUT2D eigenvalue weighted by atomic mass is 35.5. The summed E-state index contributed by atoms with van der Waals surface area (Å²) in [7, 11) is 0. The van der Waals surface area contributed by atoms with E-state index in [1.807, 2.05) is 43.3 Å². The zero-order chi connectivity index (χ0) is 16.0. The van der Waals surface area contributed by atoms with E-state index in [1.54, 1.807) is 0 Å². The molecule has 0 unspecified atom stereocenters. The van der Waals surface area contributed by atoms with Gasteiger partial charge in [-0.2, -0.15) is 0 Å². The van der Waals surface area contributed by atoms with Crippen LogP contribution in [-0.4, -0.2) is 10.9 Å². The Balaban J connectivity index is 0.00000169. The van der Waals surface area contributed by atoms with Gasteiger partial charge < -0.3 is 5.32 Å². The van der Waals surface area contributed by atoms with Crippen LogP contribution < -0.4 is 5.32 Å². The van der Waals surface area contributed by atoms with Crippen LogP contribution >= 0.6 is 24.0 Å². The molecule has 1 aliphatic heterocycles. The fourth-order valence-electron chi connectivity index (χ4n) is 3.08. The molecular formula is C19H16Cl2N2O. The maximum absolute atomic E-state index is 11.5. The van der Waals surface area contributed by atoms with Crippen molar-refractivity contribution in [1.82, 2.24) is 4.98 Å². The molecular weight excluding hydrogens is 343 g/mol. The number of amides is 1. The fraction of sp³-hybridized carbons (Fsp3) is 0.158. The van der Waals surface area contributed by atoms with Gasteiger partial charge in [-0.05, 0) is 42.7 Å². The minimum absolute atomic E-state index is 0. The van der Waals surface area contributed by atoms with Gasteiger partial charge in [0.2, 0.25) is 5.91 Å². The zero-order valence-electron chi connectivity index (χ0n) is 13.1. The minimum atomic E-state index is 0. The molecule has 0 spiro atoms. The van der Waals surface area contributed by atoms with Crippen molar-refractivity contribution in [1.29, 1.82) is 0 Å². The lowest BCUT2D eigenvalue weighted by atomic mass is 9.98. The molecule has 0 saturated carbocycles. The molecule has 1 amide bonds. The lowest BCUT2D eigenvalue weighted by molar-refractivity contribution is -0.116. The second-order valence-electron chi connectivity index (χ2n) is 5.84. The van der Waals surface area contributed by atoms with E-state index in [2.05, 4.69) is 11.4 Å². The van der Waals surface area contributed by atoms with Crippen LogP contribution in [0.5, 0.6) is 0 Å². The van der Waals surface area contributed by atoms with Crippen LogP contribution in [-0.2, 0) is 11.2 Å². The van der Waals surface area contributed by atoms with Gasteiger partial charge in [0, 0.05) is 23.1 Å². The monoisotopic (exact) mass is 358 g/mol. The molecule has 2 heterocycles. The normalized spacial score (nSPS) is 13.2. The summed E-state index contributed by atoms with van der Waals surface area (Å²) in [6.07, 6.45) is 1.27. The maximum Gasteiger partial charge on any atom is 0.224 e. The van der Waals surface area contributed by atoms with Gasteiger partial charge in [-0.1, -0.05) is 35.9 Å². The van der Waals surface area contributed by atoms with Gasteiger partial charge in [0.1, 0.15) is 0 Å². The highest BCUT2D eigenvalue weighted by Gasteiger charge is 2.17. The SMILES string of the molecule is Cc1c(Cl)c(-c2ccc3c(c2)CCC(=O)N3)nc2ccccc12.Cl. The molecule has 0 atom stereocenters. The third kappa shape index (κ3) is 2.74. The van der Waals surface area contributed by atoms with Crippen molar-refractivity contribution >= 4 is 46.5 Å². The largest absolute Gasteiger partial charge is 0.326 e. The van der Waals surface area contributed by atoms with Crippen LogP contribution in [0.2, 0.25) is 5.02 Å². The first-order chi connectivity index (χ1) is 11.1. The Labute approximate surface area is 151 Å². The van der Waals surface area contributed by atoms with Crippen LogP contribution in [0, 0.1) is 6.92 Å². The van der Waals surface area contributed by atoms with Crippen LogP contribution in [0.4, 0.5) is 5.69 Å². The topological polar surface area (TPSA) is 42.0 Å². The number of rotatable bonds is 1. The second-order valence-corrected chi connectivity index (χ2v) is 6.21. The molecule has 3 nitrogen and oxygen atoms in total. The molecule has 0 saturated heterocycles. The summed E-state index contributed by atoms with van der Waals surface area (Å²) in [5.74, 6) is 0.0722. The summed E-state index contributed by atoms with van der Waals surface area (Å²) in [5.41, 5.74) is 5.78. The van der Waals surface area contributed by atoms with Gasteiger partial charge in [-0.25, -0.2) is 4.98 Å². The lowest BCUT2D eigenvalue weighted by Gasteiger charge is -2.18. The summed E-state index contributed by atoms with van der Waals surface area (Å²) in [6.45, 7) is 2.02. The Kier molecular flexibility index (Phi) is 4.48. The quantitative estimate of drug-likeness (QED) is 0.651. The fourth-order valence-corrected chi connectivity index (χ4v) is 3.33. The first-order valence-electron chi connectivity index (χ1n) is 7.61. The Bertz CT molecular complexity index is 953. The second kappa shape index (κ2) is 6.42. The minimum Gasteiger partial charge on any atom is -0.326 e. The van der Waals surface area contributed by atoms with E-state index in [0.29, 0.717) is 11.4 Å². The Morgan fingerprint density at radius 2 is 1.92 bits per heavy atom. The molecule has 1 N–H and O–H groups in total. The number of carbonyl (C=O) groups excluding carboxylic acids is 1. The number of aryl methyl sites for hydroxylation is 2. The van der Waals surface area contributed by atoms with E-state index in [0.717, 1.165) is 45.4 Å². The standard InChI is InChI=1S/C19H15ClN2O.ClH/c1-11-14-4-2-3-5-16(14)22-19(18(11)20)13-6-8-15-12(10-13)7-9-17(23)21-15;/h2-6,8,10H,7,9H2,1H3,(H,21,23);1H. The van der Waals surface area contributed by atoms with Crippen molar-refractivity contribution < 1.29 is 4.79 Å². The number of anilines is 1. The van der Waals surface area contributed by atoms with E-state index in [4.69, 9.17) is 16.6 Å². The molecule has 2 aromatic carbocycles. The van der Waals surface area contributed by atoms with Crippen LogP contribution in [0.3, 0.4) is 0 Å². The molecule has 1 aromatic heterocycles. The van der Waals surface area contributed by atoms with E-state index in [-0.39, 0.29) is 18.3 Å². The van der Waals surface area contributed by atoms with Crippen molar-refractivity contribution in [3.63, 3.8) is 0 Å². The number of hydrogen-bond donors (Lipinski definition) is 1. The summed E-state index contributed by atoms with van der Waals surface area (Å²) in [4.78, 5) is 16.2. The van der Waals surface area contributed by atoms with Crippen molar-refractivity contribution in [2.75, 3.05) is 5.32 Å². The Hall–Kier alpha value is -2.10. The predicted octanol–water partition coefficient (Wildman–Crippen LogP) is 5.17. The predicted molar refractivity (Wildman–Crippen MR) is 101 cm³/mol. The number of benzene rings is 2. The van der Waals surface area contributed by atoms with Crippen LogP contribution in [0.15, 0.2) is 42.5 Å².